The topological polar surface area (TPSA) is 75.2 Å². The molecule has 0 radical (unpaired) electrons. The van der Waals surface area contributed by atoms with Gasteiger partial charge in [0.05, 0.1) is 18.1 Å². The van der Waals surface area contributed by atoms with Gasteiger partial charge in [0.15, 0.2) is 0 Å². The van der Waals surface area contributed by atoms with Gasteiger partial charge in [-0.1, -0.05) is 0 Å². The number of nitrogens with zero attached hydrogens (tertiary/aromatic N) is 3. The van der Waals surface area contributed by atoms with E-state index < -0.39 is 10.0 Å². The predicted octanol–water partition coefficient (Wildman–Crippen LogP) is 1.53. The minimum Gasteiger partial charge on any atom is -0.373 e. The number of nitrogens with one attached hydrogen (secondary N) is 1. The Kier molecular flexibility index (Phi) is 4.74. The zero-order valence-electron chi connectivity index (χ0n) is 12.0. The van der Waals surface area contributed by atoms with E-state index in [1.165, 1.54) is 5.56 Å². The van der Waals surface area contributed by atoms with Gasteiger partial charge in [-0.2, -0.15) is 0 Å². The fourth-order valence-corrected chi connectivity index (χ4v) is 2.34. The van der Waals surface area contributed by atoms with Crippen LogP contribution in [-0.4, -0.2) is 38.2 Å². The van der Waals surface area contributed by atoms with Crippen molar-refractivity contribution in [3.8, 4) is 0 Å². The molecule has 0 atom stereocenters. The van der Waals surface area contributed by atoms with E-state index >= 15 is 0 Å². The molecule has 0 fully saturated rings. The first-order chi connectivity index (χ1) is 9.94. The largest absolute Gasteiger partial charge is 0.373 e. The van der Waals surface area contributed by atoms with Crippen LogP contribution in [0.5, 0.6) is 0 Å². The third-order valence-corrected chi connectivity index (χ3v) is 3.54. The van der Waals surface area contributed by atoms with E-state index in [0.717, 1.165) is 24.9 Å². The number of pyridine rings is 2. The van der Waals surface area contributed by atoms with E-state index in [4.69, 9.17) is 0 Å². The van der Waals surface area contributed by atoms with Crippen molar-refractivity contribution in [2.24, 2.45) is 0 Å². The zero-order chi connectivity index (χ0) is 15.3. The number of rotatable bonds is 6. The molecule has 0 aliphatic carbocycles. The van der Waals surface area contributed by atoms with E-state index in [2.05, 4.69) is 19.6 Å². The lowest BCUT2D eigenvalue weighted by Gasteiger charge is -2.19. The highest BCUT2D eigenvalue weighted by atomic mass is 32.2. The molecule has 6 nitrogen and oxygen atoms in total. The number of hydrogen-bond donors (Lipinski definition) is 1. The smallest absolute Gasteiger partial charge is 0.230 e. The van der Waals surface area contributed by atoms with Crippen molar-refractivity contribution in [3.05, 3.63) is 48.4 Å². The van der Waals surface area contributed by atoms with Crippen LogP contribution in [0.25, 0.3) is 0 Å². The van der Waals surface area contributed by atoms with Crippen molar-refractivity contribution in [1.29, 1.82) is 0 Å². The summed E-state index contributed by atoms with van der Waals surface area (Å²) in [4.78, 5) is 10.2. The summed E-state index contributed by atoms with van der Waals surface area (Å²) >= 11 is 0. The summed E-state index contributed by atoms with van der Waals surface area (Å²) in [5.74, 6) is 0.323. The number of sulfonamides is 1. The van der Waals surface area contributed by atoms with Crippen LogP contribution < -0.4 is 9.62 Å². The van der Waals surface area contributed by atoms with Gasteiger partial charge in [0.25, 0.3) is 0 Å². The van der Waals surface area contributed by atoms with Crippen LogP contribution in [0.2, 0.25) is 0 Å². The Morgan fingerprint density at radius 3 is 2.48 bits per heavy atom. The standard InChI is InChI=1S/C14H18N4O2S/c1-18(10-7-12-5-8-15-9-6-12)13-3-4-14(16-11-13)17-21(2,19)20/h3-6,8-9,11H,7,10H2,1-2H3,(H,16,17). The molecular weight excluding hydrogens is 288 g/mol. The van der Waals surface area contributed by atoms with Crippen LogP contribution in [0.15, 0.2) is 42.9 Å². The van der Waals surface area contributed by atoms with Gasteiger partial charge >= 0.3 is 0 Å². The molecular formula is C14H18N4O2S. The molecule has 0 amide bonds. The Morgan fingerprint density at radius 1 is 1.19 bits per heavy atom. The average molecular weight is 306 g/mol. The monoisotopic (exact) mass is 306 g/mol. The van der Waals surface area contributed by atoms with Gasteiger partial charge < -0.3 is 4.90 Å². The lowest BCUT2D eigenvalue weighted by atomic mass is 10.2. The first-order valence-electron chi connectivity index (χ1n) is 6.48. The molecule has 0 bridgehead atoms. The second-order valence-corrected chi connectivity index (χ2v) is 6.55. The van der Waals surface area contributed by atoms with Crippen LogP contribution in [0.1, 0.15) is 5.56 Å². The maximum absolute atomic E-state index is 11.1. The molecule has 112 valence electrons. The molecule has 0 aliphatic heterocycles. The Hall–Kier alpha value is -2.15. The van der Waals surface area contributed by atoms with Crippen molar-refractivity contribution in [2.45, 2.75) is 6.42 Å². The second-order valence-electron chi connectivity index (χ2n) is 4.80. The zero-order valence-corrected chi connectivity index (χ0v) is 12.8. The number of anilines is 2. The molecule has 2 heterocycles. The minimum atomic E-state index is -3.29. The van der Waals surface area contributed by atoms with Gasteiger partial charge in [-0.3, -0.25) is 9.71 Å². The fraction of sp³-hybridized carbons (Fsp3) is 0.286. The van der Waals surface area contributed by atoms with Gasteiger partial charge in [-0.15, -0.1) is 0 Å². The van der Waals surface area contributed by atoms with Gasteiger partial charge in [0.2, 0.25) is 10.0 Å². The van der Waals surface area contributed by atoms with Gasteiger partial charge in [0.1, 0.15) is 5.82 Å². The van der Waals surface area contributed by atoms with Crippen LogP contribution in [0, 0.1) is 0 Å². The van der Waals surface area contributed by atoms with Crippen LogP contribution >= 0.6 is 0 Å². The maximum Gasteiger partial charge on any atom is 0.230 e. The Bertz CT molecular complexity index is 672. The van der Waals surface area contributed by atoms with Gasteiger partial charge in [0, 0.05) is 26.0 Å². The van der Waals surface area contributed by atoms with Crippen molar-refractivity contribution >= 4 is 21.5 Å². The summed E-state index contributed by atoms with van der Waals surface area (Å²) in [5, 5.41) is 0. The van der Waals surface area contributed by atoms with E-state index in [0.29, 0.717) is 5.82 Å². The average Bonchev–Trinajstić information content (AvgIpc) is 2.45. The Balaban J connectivity index is 1.95. The third-order valence-electron chi connectivity index (χ3n) is 2.96. The molecule has 0 spiro atoms. The third kappa shape index (κ3) is 5.03. The first kappa shape index (κ1) is 15.2. The molecule has 0 aromatic carbocycles. The highest BCUT2D eigenvalue weighted by Gasteiger charge is 2.05. The highest BCUT2D eigenvalue weighted by Crippen LogP contribution is 2.14. The van der Waals surface area contributed by atoms with E-state index in [-0.39, 0.29) is 0 Å². The molecule has 0 saturated carbocycles. The lowest BCUT2D eigenvalue weighted by Crippen LogP contribution is -2.20. The summed E-state index contributed by atoms with van der Waals surface area (Å²) in [7, 11) is -1.31. The summed E-state index contributed by atoms with van der Waals surface area (Å²) in [5.41, 5.74) is 2.16. The van der Waals surface area contributed by atoms with E-state index in [1.807, 2.05) is 25.2 Å². The normalized spacial score (nSPS) is 11.1. The number of likely N-dealkylation sites (N-methyl/N-ethyl adjacent to an activating group) is 1. The number of aromatic nitrogens is 2. The van der Waals surface area contributed by atoms with Gasteiger partial charge in [-0.05, 0) is 36.2 Å². The molecule has 0 saturated heterocycles. The SMILES string of the molecule is CN(CCc1ccncc1)c1ccc(NS(C)(=O)=O)nc1. The molecule has 7 heteroatoms. The maximum atomic E-state index is 11.1. The van der Waals surface area contributed by atoms with Crippen molar-refractivity contribution in [2.75, 3.05) is 29.5 Å². The predicted molar refractivity (Wildman–Crippen MR) is 83.9 cm³/mol. The first-order valence-corrected chi connectivity index (χ1v) is 8.37. The quantitative estimate of drug-likeness (QED) is 0.876. The summed E-state index contributed by atoms with van der Waals surface area (Å²) < 4.78 is 24.6. The highest BCUT2D eigenvalue weighted by molar-refractivity contribution is 7.92. The fourth-order valence-electron chi connectivity index (χ4n) is 1.84. The summed E-state index contributed by atoms with van der Waals surface area (Å²) in [6, 6.07) is 7.48. The summed E-state index contributed by atoms with van der Waals surface area (Å²) in [6.07, 6.45) is 7.22. The van der Waals surface area contributed by atoms with E-state index in [9.17, 15) is 8.42 Å². The van der Waals surface area contributed by atoms with Crippen molar-refractivity contribution < 1.29 is 8.42 Å². The molecule has 0 unspecified atom stereocenters. The minimum absolute atomic E-state index is 0.323. The van der Waals surface area contributed by atoms with Gasteiger partial charge in [-0.25, -0.2) is 13.4 Å². The molecule has 1 N–H and O–H groups in total. The molecule has 2 aromatic heterocycles. The molecule has 2 aromatic rings. The number of hydrogen-bond acceptors (Lipinski definition) is 5. The van der Waals surface area contributed by atoms with Crippen LogP contribution in [-0.2, 0) is 16.4 Å². The molecule has 0 aliphatic rings. The second kappa shape index (κ2) is 6.53. The Labute approximate surface area is 124 Å². The van der Waals surface area contributed by atoms with Crippen molar-refractivity contribution in [1.82, 2.24) is 9.97 Å². The van der Waals surface area contributed by atoms with Crippen LogP contribution in [0.4, 0.5) is 11.5 Å². The molecule has 2 rings (SSSR count). The van der Waals surface area contributed by atoms with Crippen molar-refractivity contribution in [3.63, 3.8) is 0 Å². The summed E-state index contributed by atoms with van der Waals surface area (Å²) in [6.45, 7) is 0.838. The van der Waals surface area contributed by atoms with Crippen LogP contribution in [0.3, 0.4) is 0 Å². The lowest BCUT2D eigenvalue weighted by molar-refractivity contribution is 0.606. The molecule has 21 heavy (non-hydrogen) atoms. The Morgan fingerprint density at radius 2 is 1.90 bits per heavy atom. The van der Waals surface area contributed by atoms with E-state index in [1.54, 1.807) is 24.7 Å².